The van der Waals surface area contributed by atoms with Crippen LogP contribution in [0.15, 0.2) is 24.3 Å². The molecule has 18 heavy (non-hydrogen) atoms. The molecule has 2 N–H and O–H groups in total. The van der Waals surface area contributed by atoms with Gasteiger partial charge in [-0.05, 0) is 30.9 Å². The molecule has 1 unspecified atom stereocenters. The molecule has 4 nitrogen and oxygen atoms in total. The third-order valence-electron chi connectivity index (χ3n) is 3.42. The normalized spacial score (nSPS) is 20.3. The second-order valence-electron chi connectivity index (χ2n) is 4.71. The highest BCUT2D eigenvalue weighted by molar-refractivity contribution is 6.00. The van der Waals surface area contributed by atoms with Gasteiger partial charge in [0.1, 0.15) is 0 Å². The smallest absolute Gasteiger partial charge is 0.246 e. The molecule has 0 spiro atoms. The molecule has 1 atom stereocenters. The number of hydrogen-bond acceptors (Lipinski definition) is 3. The number of amides is 2. The predicted octanol–water partition coefficient (Wildman–Crippen LogP) is 1.01. The summed E-state index contributed by atoms with van der Waals surface area (Å²) in [7, 11) is 0. The second-order valence-corrected chi connectivity index (χ2v) is 4.71. The third kappa shape index (κ3) is 2.59. The van der Waals surface area contributed by atoms with Gasteiger partial charge in [0, 0.05) is 13.0 Å². The van der Waals surface area contributed by atoms with Crippen LogP contribution in [0.2, 0.25) is 0 Å². The number of nitrogens with zero attached hydrogens (tertiary/aromatic N) is 1. The fourth-order valence-corrected chi connectivity index (χ4v) is 2.22. The van der Waals surface area contributed by atoms with Crippen LogP contribution in [0.4, 0.5) is 0 Å². The molecule has 1 aromatic rings. The largest absolute Gasteiger partial charge is 0.320 e. The van der Waals surface area contributed by atoms with Crippen molar-refractivity contribution < 1.29 is 9.59 Å². The summed E-state index contributed by atoms with van der Waals surface area (Å²) >= 11 is 0. The van der Waals surface area contributed by atoms with E-state index >= 15 is 0 Å². The summed E-state index contributed by atoms with van der Waals surface area (Å²) in [6, 6.07) is 7.48. The van der Waals surface area contributed by atoms with Crippen LogP contribution >= 0.6 is 0 Å². The molecule has 96 valence electrons. The molecule has 1 fully saturated rings. The van der Waals surface area contributed by atoms with Gasteiger partial charge in [0.15, 0.2) is 0 Å². The molecule has 0 radical (unpaired) electrons. The number of carbonyl (C=O) groups is 2. The molecule has 4 heteroatoms. The molecule has 0 saturated carbocycles. The summed E-state index contributed by atoms with van der Waals surface area (Å²) in [6.45, 7) is 2.46. The zero-order chi connectivity index (χ0) is 13.1. The molecule has 0 aliphatic carbocycles. The maximum atomic E-state index is 11.8. The first-order chi connectivity index (χ1) is 8.59. The summed E-state index contributed by atoms with van der Waals surface area (Å²) in [5, 5.41) is 0. The fraction of sp³-hybridized carbons (Fsp3) is 0.429. The Morgan fingerprint density at radius 2 is 2.06 bits per heavy atom. The van der Waals surface area contributed by atoms with Crippen LogP contribution in [0.1, 0.15) is 24.0 Å². The Labute approximate surface area is 107 Å². The molecular formula is C14H18N2O2. The van der Waals surface area contributed by atoms with Crippen molar-refractivity contribution in [3.63, 3.8) is 0 Å². The van der Waals surface area contributed by atoms with Crippen LogP contribution in [-0.2, 0) is 16.0 Å². The Balaban J connectivity index is 2.03. The number of piperidine rings is 1. The number of imide groups is 1. The van der Waals surface area contributed by atoms with Crippen LogP contribution in [0.3, 0.4) is 0 Å². The lowest BCUT2D eigenvalue weighted by atomic mass is 10.0. The lowest BCUT2D eigenvalue weighted by molar-refractivity contribution is -0.149. The first-order valence-corrected chi connectivity index (χ1v) is 6.24. The molecule has 1 aliphatic rings. The van der Waals surface area contributed by atoms with Gasteiger partial charge in [-0.2, -0.15) is 0 Å². The number of benzene rings is 1. The summed E-state index contributed by atoms with van der Waals surface area (Å²) in [5.74, 6) is -0.338. The van der Waals surface area contributed by atoms with Gasteiger partial charge in [0.05, 0.1) is 6.04 Å². The number of nitrogens with two attached hydrogens (primary N) is 1. The average molecular weight is 246 g/mol. The molecule has 0 aromatic heterocycles. The molecule has 1 heterocycles. The van der Waals surface area contributed by atoms with Gasteiger partial charge < -0.3 is 5.73 Å². The van der Waals surface area contributed by atoms with Crippen LogP contribution < -0.4 is 5.73 Å². The minimum absolute atomic E-state index is 0.102. The Kier molecular flexibility index (Phi) is 3.77. The maximum absolute atomic E-state index is 11.8. The quantitative estimate of drug-likeness (QED) is 0.810. The monoisotopic (exact) mass is 246 g/mol. The highest BCUT2D eigenvalue weighted by Crippen LogP contribution is 2.14. The van der Waals surface area contributed by atoms with Gasteiger partial charge in [-0.15, -0.1) is 0 Å². The van der Waals surface area contributed by atoms with E-state index in [0.29, 0.717) is 25.8 Å². The SMILES string of the molecule is Cc1ccccc1CCN1C(=O)CCC(N)C1=O. The third-order valence-corrected chi connectivity index (χ3v) is 3.42. The summed E-state index contributed by atoms with van der Waals surface area (Å²) in [6.07, 6.45) is 1.54. The van der Waals surface area contributed by atoms with Gasteiger partial charge in [-0.25, -0.2) is 0 Å². The van der Waals surface area contributed by atoms with Gasteiger partial charge in [0.25, 0.3) is 0 Å². The van der Waals surface area contributed by atoms with Crippen molar-refractivity contribution in [3.8, 4) is 0 Å². The lowest BCUT2D eigenvalue weighted by Gasteiger charge is -2.28. The zero-order valence-electron chi connectivity index (χ0n) is 10.6. The second kappa shape index (κ2) is 5.31. The van der Waals surface area contributed by atoms with Crippen molar-refractivity contribution in [1.29, 1.82) is 0 Å². The van der Waals surface area contributed by atoms with Crippen LogP contribution in [0.25, 0.3) is 0 Å². The fourth-order valence-electron chi connectivity index (χ4n) is 2.22. The molecule has 0 bridgehead atoms. The minimum atomic E-state index is -0.514. The average Bonchev–Trinajstić information content (AvgIpc) is 2.36. The van der Waals surface area contributed by atoms with Crippen LogP contribution in [0.5, 0.6) is 0 Å². The van der Waals surface area contributed by atoms with E-state index in [2.05, 4.69) is 0 Å². The summed E-state index contributed by atoms with van der Waals surface area (Å²) < 4.78 is 0. The van der Waals surface area contributed by atoms with Crippen molar-refractivity contribution in [2.45, 2.75) is 32.2 Å². The summed E-state index contributed by atoms with van der Waals surface area (Å²) in [4.78, 5) is 24.8. The Morgan fingerprint density at radius 1 is 1.33 bits per heavy atom. The minimum Gasteiger partial charge on any atom is -0.320 e. The summed E-state index contributed by atoms with van der Waals surface area (Å²) in [5.41, 5.74) is 8.03. The first kappa shape index (κ1) is 12.8. The van der Waals surface area contributed by atoms with Crippen molar-refractivity contribution in [2.24, 2.45) is 5.73 Å². The van der Waals surface area contributed by atoms with Gasteiger partial charge in [-0.3, -0.25) is 14.5 Å². The zero-order valence-corrected chi connectivity index (χ0v) is 10.6. The van der Waals surface area contributed by atoms with Crippen molar-refractivity contribution in [2.75, 3.05) is 6.54 Å². The van der Waals surface area contributed by atoms with Gasteiger partial charge in [0.2, 0.25) is 11.8 Å². The highest BCUT2D eigenvalue weighted by atomic mass is 16.2. The molecule has 1 aromatic carbocycles. The van der Waals surface area contributed by atoms with E-state index in [0.717, 1.165) is 5.56 Å². The number of aryl methyl sites for hydroxylation is 1. The number of hydrogen-bond donors (Lipinski definition) is 1. The molecule has 1 aliphatic heterocycles. The number of likely N-dealkylation sites (tertiary alicyclic amines) is 1. The van der Waals surface area contributed by atoms with E-state index in [1.165, 1.54) is 10.5 Å². The molecule has 1 saturated heterocycles. The van der Waals surface area contributed by atoms with Crippen molar-refractivity contribution >= 4 is 11.8 Å². The van der Waals surface area contributed by atoms with Crippen LogP contribution in [0, 0.1) is 6.92 Å². The predicted molar refractivity (Wildman–Crippen MR) is 68.8 cm³/mol. The topological polar surface area (TPSA) is 63.4 Å². The van der Waals surface area contributed by atoms with Gasteiger partial charge >= 0.3 is 0 Å². The molecular weight excluding hydrogens is 228 g/mol. The van der Waals surface area contributed by atoms with E-state index in [9.17, 15) is 9.59 Å². The standard InChI is InChI=1S/C14H18N2O2/c1-10-4-2-3-5-11(10)8-9-16-13(17)7-6-12(15)14(16)18/h2-5,12H,6-9,15H2,1H3. The van der Waals surface area contributed by atoms with E-state index in [1.54, 1.807) is 0 Å². The maximum Gasteiger partial charge on any atom is 0.246 e. The molecule has 2 rings (SSSR count). The number of rotatable bonds is 3. The first-order valence-electron chi connectivity index (χ1n) is 6.24. The Morgan fingerprint density at radius 3 is 2.78 bits per heavy atom. The van der Waals surface area contributed by atoms with Gasteiger partial charge in [-0.1, -0.05) is 24.3 Å². The Hall–Kier alpha value is -1.68. The Bertz CT molecular complexity index is 471. The lowest BCUT2D eigenvalue weighted by Crippen LogP contribution is -2.51. The van der Waals surface area contributed by atoms with E-state index < -0.39 is 6.04 Å². The highest BCUT2D eigenvalue weighted by Gasteiger charge is 2.31. The van der Waals surface area contributed by atoms with E-state index in [4.69, 9.17) is 5.73 Å². The van der Waals surface area contributed by atoms with Crippen LogP contribution in [-0.4, -0.2) is 29.3 Å². The van der Waals surface area contributed by atoms with Crippen molar-refractivity contribution in [1.82, 2.24) is 4.90 Å². The van der Waals surface area contributed by atoms with E-state index in [-0.39, 0.29) is 11.8 Å². The number of carbonyl (C=O) groups excluding carboxylic acids is 2. The van der Waals surface area contributed by atoms with E-state index in [1.807, 2.05) is 31.2 Å². The van der Waals surface area contributed by atoms with Crippen molar-refractivity contribution in [3.05, 3.63) is 35.4 Å². The molecule has 2 amide bonds.